The fourth-order valence-electron chi connectivity index (χ4n) is 2.61. The Hall–Kier alpha value is -1.01. The molecule has 0 bridgehead atoms. The number of rotatable bonds is 6. The van der Waals surface area contributed by atoms with Gasteiger partial charge in [-0.2, -0.15) is 0 Å². The quantitative estimate of drug-likeness (QED) is 0.737. The number of likely N-dealkylation sites (tertiary alicyclic amines) is 1. The van der Waals surface area contributed by atoms with E-state index in [1.807, 2.05) is 0 Å². The highest BCUT2D eigenvalue weighted by atomic mass is 15.5. The van der Waals surface area contributed by atoms with Crippen molar-refractivity contribution in [1.82, 2.24) is 30.0 Å². The molecule has 1 aliphatic rings. The van der Waals surface area contributed by atoms with Crippen LogP contribution in [0.4, 0.5) is 0 Å². The van der Waals surface area contributed by atoms with E-state index in [1.54, 1.807) is 11.0 Å². The van der Waals surface area contributed by atoms with Gasteiger partial charge in [-0.1, -0.05) is 6.42 Å². The number of tetrazole rings is 1. The molecule has 1 fully saturated rings. The smallest absolute Gasteiger partial charge is 0.138 e. The number of aromatic nitrogens is 4. The molecule has 1 aromatic rings. The Bertz CT molecular complexity index is 325. The third-order valence-corrected chi connectivity index (χ3v) is 3.76. The van der Waals surface area contributed by atoms with E-state index in [1.165, 1.54) is 32.4 Å². The number of likely N-dealkylation sites (N-methyl/N-ethyl adjacent to an activating group) is 2. The van der Waals surface area contributed by atoms with Crippen LogP contribution in [0.5, 0.6) is 0 Å². The van der Waals surface area contributed by atoms with E-state index >= 15 is 0 Å². The predicted molar refractivity (Wildman–Crippen MR) is 70.2 cm³/mol. The average molecular weight is 252 g/mol. The lowest BCUT2D eigenvalue weighted by Crippen LogP contribution is -2.43. The van der Waals surface area contributed by atoms with Crippen molar-refractivity contribution in [3.63, 3.8) is 0 Å². The van der Waals surface area contributed by atoms with Gasteiger partial charge < -0.3 is 9.80 Å². The van der Waals surface area contributed by atoms with E-state index in [9.17, 15) is 0 Å². The molecule has 102 valence electrons. The van der Waals surface area contributed by atoms with Gasteiger partial charge in [-0.05, 0) is 56.9 Å². The van der Waals surface area contributed by atoms with Crippen LogP contribution in [0.3, 0.4) is 0 Å². The van der Waals surface area contributed by atoms with Crippen LogP contribution < -0.4 is 0 Å². The van der Waals surface area contributed by atoms with Gasteiger partial charge in [-0.25, -0.2) is 4.68 Å². The van der Waals surface area contributed by atoms with Crippen molar-refractivity contribution in [1.29, 1.82) is 0 Å². The van der Waals surface area contributed by atoms with Gasteiger partial charge in [0.05, 0.1) is 0 Å². The van der Waals surface area contributed by atoms with Crippen LogP contribution in [0.15, 0.2) is 6.33 Å². The maximum absolute atomic E-state index is 3.87. The lowest BCUT2D eigenvalue weighted by Gasteiger charge is -2.35. The molecule has 6 nitrogen and oxygen atoms in total. The highest BCUT2D eigenvalue weighted by Crippen LogP contribution is 2.15. The molecule has 1 saturated heterocycles. The molecule has 18 heavy (non-hydrogen) atoms. The van der Waals surface area contributed by atoms with Crippen LogP contribution in [0.1, 0.15) is 25.7 Å². The Kier molecular flexibility index (Phi) is 5.07. The second-order valence-electron chi connectivity index (χ2n) is 5.32. The first-order valence-electron chi connectivity index (χ1n) is 6.85. The lowest BCUT2D eigenvalue weighted by molar-refractivity contribution is 0.140. The maximum Gasteiger partial charge on any atom is 0.138 e. The molecule has 0 aliphatic carbocycles. The minimum atomic E-state index is 0.733. The van der Waals surface area contributed by atoms with E-state index in [-0.39, 0.29) is 0 Å². The Labute approximate surface area is 109 Å². The average Bonchev–Trinajstić information content (AvgIpc) is 2.85. The van der Waals surface area contributed by atoms with Gasteiger partial charge in [0.25, 0.3) is 0 Å². The van der Waals surface area contributed by atoms with Gasteiger partial charge in [0, 0.05) is 19.1 Å². The monoisotopic (exact) mass is 252 g/mol. The zero-order valence-electron chi connectivity index (χ0n) is 11.5. The summed E-state index contributed by atoms with van der Waals surface area (Å²) >= 11 is 0. The van der Waals surface area contributed by atoms with Crippen molar-refractivity contribution in [3.05, 3.63) is 6.33 Å². The van der Waals surface area contributed by atoms with E-state index in [0.717, 1.165) is 25.6 Å². The van der Waals surface area contributed by atoms with Gasteiger partial charge in [0.2, 0.25) is 0 Å². The van der Waals surface area contributed by atoms with Crippen molar-refractivity contribution in [2.45, 2.75) is 38.3 Å². The Morgan fingerprint density at radius 1 is 1.39 bits per heavy atom. The highest BCUT2D eigenvalue weighted by molar-refractivity contribution is 4.76. The minimum absolute atomic E-state index is 0.733. The summed E-state index contributed by atoms with van der Waals surface area (Å²) in [7, 11) is 4.46. The molecule has 1 atom stereocenters. The van der Waals surface area contributed by atoms with Crippen LogP contribution in [0.25, 0.3) is 0 Å². The van der Waals surface area contributed by atoms with Gasteiger partial charge in [-0.3, -0.25) is 0 Å². The lowest BCUT2D eigenvalue weighted by atomic mass is 10.0. The molecule has 0 spiro atoms. The van der Waals surface area contributed by atoms with Crippen molar-refractivity contribution < 1.29 is 0 Å². The van der Waals surface area contributed by atoms with E-state index in [2.05, 4.69) is 39.4 Å². The molecule has 2 heterocycles. The van der Waals surface area contributed by atoms with Gasteiger partial charge in [0.1, 0.15) is 6.33 Å². The highest BCUT2D eigenvalue weighted by Gasteiger charge is 2.19. The standard InChI is InChI=1S/C12H24N6/c1-16(7-5-9-18-11-13-14-15-18)10-12-6-3-4-8-17(12)2/h11-12H,3-10H2,1-2H3. The fourth-order valence-corrected chi connectivity index (χ4v) is 2.61. The number of aryl methyl sites for hydroxylation is 1. The van der Waals surface area contributed by atoms with E-state index in [0.29, 0.717) is 0 Å². The van der Waals surface area contributed by atoms with Crippen LogP contribution in [-0.4, -0.2) is 69.8 Å². The van der Waals surface area contributed by atoms with Crippen molar-refractivity contribution >= 4 is 0 Å². The summed E-state index contributed by atoms with van der Waals surface area (Å²) in [5.74, 6) is 0. The molecular weight excluding hydrogens is 228 g/mol. The first-order chi connectivity index (χ1) is 8.75. The zero-order valence-corrected chi connectivity index (χ0v) is 11.5. The van der Waals surface area contributed by atoms with E-state index < -0.39 is 0 Å². The summed E-state index contributed by atoms with van der Waals surface area (Å²) < 4.78 is 1.79. The van der Waals surface area contributed by atoms with Gasteiger partial charge in [-0.15, -0.1) is 5.10 Å². The first kappa shape index (κ1) is 13.4. The molecule has 1 aromatic heterocycles. The molecule has 0 amide bonds. The van der Waals surface area contributed by atoms with Gasteiger partial charge >= 0.3 is 0 Å². The molecule has 0 aromatic carbocycles. The predicted octanol–water partition coefficient (Wildman–Crippen LogP) is 0.479. The molecule has 6 heteroatoms. The normalized spacial score (nSPS) is 21.6. The number of hydrogen-bond acceptors (Lipinski definition) is 5. The Morgan fingerprint density at radius 2 is 2.28 bits per heavy atom. The summed E-state index contributed by atoms with van der Waals surface area (Å²) in [4.78, 5) is 4.93. The second-order valence-corrected chi connectivity index (χ2v) is 5.32. The van der Waals surface area contributed by atoms with Gasteiger partial charge in [0.15, 0.2) is 0 Å². The second kappa shape index (κ2) is 6.80. The van der Waals surface area contributed by atoms with Crippen LogP contribution >= 0.6 is 0 Å². The molecule has 0 radical (unpaired) electrons. The topological polar surface area (TPSA) is 50.1 Å². The van der Waals surface area contributed by atoms with Crippen LogP contribution in [0, 0.1) is 0 Å². The number of hydrogen-bond donors (Lipinski definition) is 0. The van der Waals surface area contributed by atoms with Crippen molar-refractivity contribution in [2.75, 3.05) is 33.7 Å². The largest absolute Gasteiger partial charge is 0.305 e. The third kappa shape index (κ3) is 4.03. The summed E-state index contributed by atoms with van der Waals surface area (Å²) in [6.45, 7) is 4.43. The Balaban J connectivity index is 1.63. The molecule has 2 rings (SSSR count). The van der Waals surface area contributed by atoms with Crippen molar-refractivity contribution in [3.8, 4) is 0 Å². The minimum Gasteiger partial charge on any atom is -0.305 e. The molecule has 0 saturated carbocycles. The Morgan fingerprint density at radius 3 is 3.00 bits per heavy atom. The summed E-state index contributed by atoms with van der Waals surface area (Å²) in [6.07, 6.45) is 6.85. The zero-order chi connectivity index (χ0) is 12.8. The third-order valence-electron chi connectivity index (χ3n) is 3.76. The molecule has 1 aliphatic heterocycles. The SMILES string of the molecule is CN(CCCn1cnnn1)CC1CCCCN1C. The molecular formula is C12H24N6. The molecule has 0 N–H and O–H groups in total. The summed E-state index contributed by atoms with van der Waals surface area (Å²) in [5.41, 5.74) is 0. The van der Waals surface area contributed by atoms with Crippen molar-refractivity contribution in [2.24, 2.45) is 0 Å². The number of nitrogens with zero attached hydrogens (tertiary/aromatic N) is 6. The molecule has 1 unspecified atom stereocenters. The van der Waals surface area contributed by atoms with E-state index in [4.69, 9.17) is 0 Å². The first-order valence-corrected chi connectivity index (χ1v) is 6.85. The summed E-state index contributed by atoms with van der Waals surface area (Å²) in [6, 6.07) is 0.733. The van der Waals surface area contributed by atoms with Crippen LogP contribution in [0.2, 0.25) is 0 Å². The fraction of sp³-hybridized carbons (Fsp3) is 0.917. The summed E-state index contributed by atoms with van der Waals surface area (Å²) in [5, 5.41) is 11.1. The van der Waals surface area contributed by atoms with Crippen LogP contribution in [-0.2, 0) is 6.54 Å². The number of piperidine rings is 1. The maximum atomic E-state index is 3.87.